The number of carbonyl (C=O) groups excluding carboxylic acids is 1. The van der Waals surface area contributed by atoms with Crippen molar-refractivity contribution in [2.45, 2.75) is 19.8 Å². The highest BCUT2D eigenvalue weighted by Crippen LogP contribution is 2.31. The Morgan fingerprint density at radius 3 is 2.46 bits per heavy atom. The number of urea groups is 1. The molecular formula is C18H20FN3O3S. The maximum Gasteiger partial charge on any atom is 0.323 e. The average Bonchev–Trinajstić information content (AvgIpc) is 2.63. The molecular weight excluding hydrogens is 357 g/mol. The molecule has 26 heavy (non-hydrogen) atoms. The van der Waals surface area contributed by atoms with E-state index in [-0.39, 0.29) is 11.6 Å². The van der Waals surface area contributed by atoms with Crippen molar-refractivity contribution in [3.8, 4) is 0 Å². The molecule has 6 nitrogen and oxygen atoms in total. The van der Waals surface area contributed by atoms with Gasteiger partial charge in [0.2, 0.25) is 10.0 Å². The number of sulfonamides is 1. The molecule has 0 aliphatic carbocycles. The molecule has 3 rings (SSSR count). The zero-order valence-corrected chi connectivity index (χ0v) is 15.1. The Kier molecular flexibility index (Phi) is 5.13. The minimum Gasteiger partial charge on any atom is -0.308 e. The SMILES string of the molecule is CCS(=O)(=O)N1CCCc2cc(NC(=O)Nc3ccc(F)cc3)ccc21. The second kappa shape index (κ2) is 7.33. The smallest absolute Gasteiger partial charge is 0.308 e. The number of hydrogen-bond acceptors (Lipinski definition) is 3. The van der Waals surface area contributed by atoms with E-state index in [9.17, 15) is 17.6 Å². The number of benzene rings is 2. The molecule has 2 amide bonds. The Morgan fingerprint density at radius 1 is 1.12 bits per heavy atom. The van der Waals surface area contributed by atoms with Crippen molar-refractivity contribution >= 4 is 33.1 Å². The van der Waals surface area contributed by atoms with Gasteiger partial charge in [-0.2, -0.15) is 0 Å². The lowest BCUT2D eigenvalue weighted by molar-refractivity contribution is 0.262. The number of nitrogens with one attached hydrogen (secondary N) is 2. The lowest BCUT2D eigenvalue weighted by Gasteiger charge is -2.30. The molecule has 0 radical (unpaired) electrons. The van der Waals surface area contributed by atoms with Crippen LogP contribution in [0.1, 0.15) is 18.9 Å². The third-order valence-electron chi connectivity index (χ3n) is 4.22. The van der Waals surface area contributed by atoms with Gasteiger partial charge in [0.25, 0.3) is 0 Å². The maximum absolute atomic E-state index is 12.9. The molecule has 2 N–H and O–H groups in total. The minimum absolute atomic E-state index is 0.0481. The summed E-state index contributed by atoms with van der Waals surface area (Å²) in [5.74, 6) is -0.329. The number of halogens is 1. The first kappa shape index (κ1) is 18.2. The van der Waals surface area contributed by atoms with Crippen molar-refractivity contribution in [1.29, 1.82) is 0 Å². The van der Waals surface area contributed by atoms with Crippen molar-refractivity contribution in [2.75, 3.05) is 27.2 Å². The highest BCUT2D eigenvalue weighted by Gasteiger charge is 2.26. The fourth-order valence-corrected chi connectivity index (χ4v) is 4.11. The van der Waals surface area contributed by atoms with Crippen LogP contribution in [0.25, 0.3) is 0 Å². The second-order valence-corrected chi connectivity index (χ2v) is 8.19. The quantitative estimate of drug-likeness (QED) is 0.855. The fraction of sp³-hybridized carbons (Fsp3) is 0.278. The molecule has 0 atom stereocenters. The van der Waals surface area contributed by atoms with Crippen molar-refractivity contribution in [2.24, 2.45) is 0 Å². The molecule has 1 heterocycles. The van der Waals surface area contributed by atoms with E-state index < -0.39 is 16.1 Å². The summed E-state index contributed by atoms with van der Waals surface area (Å²) in [5.41, 5.74) is 2.59. The van der Waals surface area contributed by atoms with Gasteiger partial charge in [-0.15, -0.1) is 0 Å². The van der Waals surface area contributed by atoms with E-state index in [4.69, 9.17) is 0 Å². The van der Waals surface area contributed by atoms with Crippen LogP contribution in [0.15, 0.2) is 42.5 Å². The predicted molar refractivity (Wildman–Crippen MR) is 101 cm³/mol. The third kappa shape index (κ3) is 3.96. The normalized spacial score (nSPS) is 13.8. The fourth-order valence-electron chi connectivity index (χ4n) is 2.91. The van der Waals surface area contributed by atoms with E-state index >= 15 is 0 Å². The molecule has 0 unspecified atom stereocenters. The molecule has 1 aliphatic rings. The molecule has 0 spiro atoms. The van der Waals surface area contributed by atoms with Gasteiger partial charge in [-0.1, -0.05) is 0 Å². The molecule has 0 bridgehead atoms. The summed E-state index contributed by atoms with van der Waals surface area (Å²) in [6.45, 7) is 2.10. The Labute approximate surface area is 152 Å². The lowest BCUT2D eigenvalue weighted by atomic mass is 10.0. The van der Waals surface area contributed by atoms with Crippen LogP contribution in [0.5, 0.6) is 0 Å². The van der Waals surface area contributed by atoms with Gasteiger partial charge in [-0.25, -0.2) is 17.6 Å². The van der Waals surface area contributed by atoms with Crippen LogP contribution in [0.3, 0.4) is 0 Å². The summed E-state index contributed by atoms with van der Waals surface area (Å²) in [6.07, 6.45) is 1.48. The molecule has 0 fully saturated rings. The van der Waals surface area contributed by atoms with Gasteiger partial charge in [-0.05, 0) is 67.8 Å². The van der Waals surface area contributed by atoms with Gasteiger partial charge in [0.15, 0.2) is 0 Å². The minimum atomic E-state index is -3.31. The van der Waals surface area contributed by atoms with Gasteiger partial charge in [-0.3, -0.25) is 4.31 Å². The maximum atomic E-state index is 12.9. The number of rotatable bonds is 4. The summed E-state index contributed by atoms with van der Waals surface area (Å²) < 4.78 is 38.8. The number of anilines is 3. The van der Waals surface area contributed by atoms with Crippen LogP contribution in [0, 0.1) is 5.82 Å². The molecule has 0 saturated heterocycles. The van der Waals surface area contributed by atoms with Gasteiger partial charge < -0.3 is 10.6 Å². The van der Waals surface area contributed by atoms with Gasteiger partial charge in [0, 0.05) is 17.9 Å². The number of fused-ring (bicyclic) bond motifs is 1. The number of nitrogens with zero attached hydrogens (tertiary/aromatic N) is 1. The van der Waals surface area contributed by atoms with Crippen molar-refractivity contribution in [1.82, 2.24) is 0 Å². The Bertz CT molecular complexity index is 914. The Balaban J connectivity index is 1.74. The zero-order chi connectivity index (χ0) is 18.7. The topological polar surface area (TPSA) is 78.5 Å². The summed E-state index contributed by atoms with van der Waals surface area (Å²) in [7, 11) is -3.31. The van der Waals surface area contributed by atoms with E-state index in [1.165, 1.54) is 28.6 Å². The van der Waals surface area contributed by atoms with Crippen molar-refractivity contribution in [3.63, 3.8) is 0 Å². The summed E-state index contributed by atoms with van der Waals surface area (Å²) in [6, 6.07) is 10.2. The van der Waals surface area contributed by atoms with Crippen LogP contribution in [-0.4, -0.2) is 26.7 Å². The summed E-state index contributed by atoms with van der Waals surface area (Å²) >= 11 is 0. The number of amides is 2. The second-order valence-electron chi connectivity index (χ2n) is 6.01. The monoisotopic (exact) mass is 377 g/mol. The molecule has 2 aromatic carbocycles. The number of aryl methyl sites for hydroxylation is 1. The van der Waals surface area contributed by atoms with Crippen molar-refractivity contribution in [3.05, 3.63) is 53.8 Å². The molecule has 0 aromatic heterocycles. The van der Waals surface area contributed by atoms with Gasteiger partial charge >= 0.3 is 6.03 Å². The Hall–Kier alpha value is -2.61. The molecule has 0 saturated carbocycles. The third-order valence-corrected chi connectivity index (χ3v) is 6.00. The summed E-state index contributed by atoms with van der Waals surface area (Å²) in [5, 5.41) is 5.33. The average molecular weight is 377 g/mol. The van der Waals surface area contributed by atoms with E-state index in [2.05, 4.69) is 10.6 Å². The highest BCUT2D eigenvalue weighted by molar-refractivity contribution is 7.92. The lowest BCUT2D eigenvalue weighted by Crippen LogP contribution is -2.36. The van der Waals surface area contributed by atoms with Crippen LogP contribution in [0.4, 0.5) is 26.2 Å². The highest BCUT2D eigenvalue weighted by atomic mass is 32.2. The van der Waals surface area contributed by atoms with E-state index in [1.807, 2.05) is 0 Å². The number of carbonyl (C=O) groups is 1. The Morgan fingerprint density at radius 2 is 1.77 bits per heavy atom. The number of hydrogen-bond donors (Lipinski definition) is 2. The first-order chi connectivity index (χ1) is 12.4. The van der Waals surface area contributed by atoms with Crippen LogP contribution in [-0.2, 0) is 16.4 Å². The first-order valence-corrected chi connectivity index (χ1v) is 9.97. The van der Waals surface area contributed by atoms with E-state index in [0.29, 0.717) is 23.6 Å². The van der Waals surface area contributed by atoms with Crippen LogP contribution in [0.2, 0.25) is 0 Å². The largest absolute Gasteiger partial charge is 0.323 e. The molecule has 138 valence electrons. The van der Waals surface area contributed by atoms with E-state index in [1.54, 1.807) is 25.1 Å². The van der Waals surface area contributed by atoms with Gasteiger partial charge in [0.1, 0.15) is 5.82 Å². The standard InChI is InChI=1S/C18H20FN3O3S/c1-2-26(24,25)22-11-3-4-13-12-16(9-10-17(13)22)21-18(23)20-15-7-5-14(19)6-8-15/h5-10,12H,2-4,11H2,1H3,(H2,20,21,23). The van der Waals surface area contributed by atoms with Crippen LogP contribution < -0.4 is 14.9 Å². The van der Waals surface area contributed by atoms with Gasteiger partial charge in [0.05, 0.1) is 11.4 Å². The zero-order valence-electron chi connectivity index (χ0n) is 14.3. The van der Waals surface area contributed by atoms with Crippen LogP contribution >= 0.6 is 0 Å². The molecule has 8 heteroatoms. The molecule has 2 aromatic rings. The molecule has 1 aliphatic heterocycles. The summed E-state index contributed by atoms with van der Waals surface area (Å²) in [4.78, 5) is 12.1. The first-order valence-electron chi connectivity index (χ1n) is 8.36. The predicted octanol–water partition coefficient (Wildman–Crippen LogP) is 3.57. The van der Waals surface area contributed by atoms with E-state index in [0.717, 1.165) is 18.4 Å². The van der Waals surface area contributed by atoms with Crippen molar-refractivity contribution < 1.29 is 17.6 Å².